The minimum Gasteiger partial charge on any atom is -0.292 e. The lowest BCUT2D eigenvalue weighted by atomic mass is 10.3. The molecule has 5 heteroatoms. The van der Waals surface area contributed by atoms with Crippen molar-refractivity contribution in [3.05, 3.63) is 41.0 Å². The van der Waals surface area contributed by atoms with Crippen molar-refractivity contribution in [1.29, 1.82) is 10.8 Å². The highest BCUT2D eigenvalue weighted by molar-refractivity contribution is 5.74. The summed E-state index contributed by atoms with van der Waals surface area (Å²) < 4.78 is 3.63. The van der Waals surface area contributed by atoms with E-state index >= 15 is 0 Å². The highest BCUT2D eigenvalue weighted by Crippen LogP contribution is 2.09. The van der Waals surface area contributed by atoms with Gasteiger partial charge in [-0.25, -0.2) is 4.57 Å². The molecular formula is C12H10N5+. The minimum atomic E-state index is 0.272. The van der Waals surface area contributed by atoms with Crippen molar-refractivity contribution in [3.63, 3.8) is 0 Å². The molecule has 1 aromatic carbocycles. The number of nitrogens with one attached hydrogen (secondary N) is 2. The second kappa shape index (κ2) is 3.23. The Hall–Kier alpha value is -2.52. The fourth-order valence-electron chi connectivity index (χ4n) is 2.08. The Morgan fingerprint density at radius 3 is 2.88 bits per heavy atom. The summed E-state index contributed by atoms with van der Waals surface area (Å²) in [4.78, 5) is 0. The highest BCUT2D eigenvalue weighted by Gasteiger charge is 2.18. The van der Waals surface area contributed by atoms with Gasteiger partial charge in [0, 0.05) is 0 Å². The van der Waals surface area contributed by atoms with Gasteiger partial charge in [-0.05, 0) is 18.0 Å². The lowest BCUT2D eigenvalue weighted by Crippen LogP contribution is -2.39. The van der Waals surface area contributed by atoms with Gasteiger partial charge in [-0.3, -0.25) is 10.8 Å². The van der Waals surface area contributed by atoms with Crippen LogP contribution in [-0.2, 0) is 7.05 Å². The van der Waals surface area contributed by atoms with Crippen molar-refractivity contribution in [2.45, 2.75) is 0 Å². The molecule has 0 saturated carbocycles. The van der Waals surface area contributed by atoms with Crippen molar-refractivity contribution in [2.75, 3.05) is 0 Å². The molecule has 82 valence electrons. The molecule has 0 fully saturated rings. The summed E-state index contributed by atoms with van der Waals surface area (Å²) in [6, 6.07) is 7.84. The predicted octanol–water partition coefficient (Wildman–Crippen LogP) is -0.570. The second-order valence-electron chi connectivity index (χ2n) is 3.84. The van der Waals surface area contributed by atoms with Crippen LogP contribution >= 0.6 is 0 Å². The van der Waals surface area contributed by atoms with Crippen LogP contribution in [-0.4, -0.2) is 15.5 Å². The average molecular weight is 224 g/mol. The van der Waals surface area contributed by atoms with Crippen molar-refractivity contribution >= 4 is 22.6 Å². The molecule has 0 aliphatic carbocycles. The molecule has 3 rings (SSSR count). The number of rotatable bonds is 0. The van der Waals surface area contributed by atoms with E-state index in [2.05, 4.69) is 11.0 Å². The topological polar surface area (TPSA) is 68.9 Å². The third-order valence-corrected chi connectivity index (χ3v) is 2.92. The monoisotopic (exact) mass is 224 g/mol. The minimum absolute atomic E-state index is 0.272. The molecule has 2 heterocycles. The molecule has 0 aliphatic heterocycles. The smallest absolute Gasteiger partial charge is 0.292 e. The Balaban J connectivity index is 2.78. The van der Waals surface area contributed by atoms with E-state index in [0.29, 0.717) is 10.9 Å². The van der Waals surface area contributed by atoms with Crippen LogP contribution in [0.4, 0.5) is 0 Å². The van der Waals surface area contributed by atoms with Gasteiger partial charge in [-0.15, -0.1) is 0 Å². The molecule has 0 atom stereocenters. The molecule has 2 N–H and O–H groups in total. The molecule has 0 amide bonds. The third-order valence-electron chi connectivity index (χ3n) is 2.92. The Morgan fingerprint density at radius 2 is 2.12 bits per heavy atom. The molecule has 3 aromatic rings. The van der Waals surface area contributed by atoms with E-state index in [-0.39, 0.29) is 5.36 Å². The van der Waals surface area contributed by atoms with Gasteiger partial charge in [0.25, 0.3) is 0 Å². The van der Waals surface area contributed by atoms with E-state index in [0.717, 1.165) is 11.0 Å². The van der Waals surface area contributed by atoms with Crippen LogP contribution in [0.2, 0.25) is 0 Å². The van der Waals surface area contributed by atoms with E-state index in [1.807, 2.05) is 35.9 Å². The van der Waals surface area contributed by atoms with Gasteiger partial charge in [-0.2, -0.15) is 0 Å². The van der Waals surface area contributed by atoms with Crippen LogP contribution < -0.4 is 15.1 Å². The molecule has 17 heavy (non-hydrogen) atoms. The van der Waals surface area contributed by atoms with E-state index in [4.69, 9.17) is 10.8 Å². The Labute approximate surface area is 96.3 Å². The summed E-state index contributed by atoms with van der Waals surface area (Å²) in [5.41, 5.74) is 2.63. The van der Waals surface area contributed by atoms with Crippen LogP contribution in [0.1, 0.15) is 0 Å². The summed E-state index contributed by atoms with van der Waals surface area (Å²) in [5, 5.41) is 20.1. The van der Waals surface area contributed by atoms with E-state index < -0.39 is 0 Å². The largest absolute Gasteiger partial charge is 0.334 e. The van der Waals surface area contributed by atoms with Gasteiger partial charge in [0.1, 0.15) is 0 Å². The predicted molar refractivity (Wildman–Crippen MR) is 61.8 cm³/mol. The van der Waals surface area contributed by atoms with E-state index in [9.17, 15) is 0 Å². The molecule has 0 bridgehead atoms. The zero-order chi connectivity index (χ0) is 12.0. The SMILES string of the molecule is C[n+]1c2ccccc2n2ncc(=C=N)c(=N)c21. The Bertz CT molecular complexity index is 871. The summed E-state index contributed by atoms with van der Waals surface area (Å²) in [7, 11) is 1.89. The van der Waals surface area contributed by atoms with Crippen molar-refractivity contribution in [3.8, 4) is 0 Å². The van der Waals surface area contributed by atoms with Crippen LogP contribution in [0.3, 0.4) is 0 Å². The zero-order valence-corrected chi connectivity index (χ0v) is 9.23. The molecule has 2 aromatic heterocycles. The lowest BCUT2D eigenvalue weighted by molar-refractivity contribution is -0.619. The number of aryl methyl sites for hydroxylation is 1. The van der Waals surface area contributed by atoms with Crippen molar-refractivity contribution < 1.29 is 4.57 Å². The number of para-hydroxylation sites is 2. The average Bonchev–Trinajstić information content (AvgIpc) is 2.65. The van der Waals surface area contributed by atoms with Gasteiger partial charge in [0.2, 0.25) is 5.52 Å². The van der Waals surface area contributed by atoms with Gasteiger partial charge in [0.05, 0.1) is 18.5 Å². The number of hydrogen-bond donors (Lipinski definition) is 2. The maximum atomic E-state index is 8.05. The van der Waals surface area contributed by atoms with Gasteiger partial charge < -0.3 is 0 Å². The Morgan fingerprint density at radius 1 is 1.35 bits per heavy atom. The van der Waals surface area contributed by atoms with E-state index in [1.165, 1.54) is 6.20 Å². The molecule has 0 saturated heterocycles. The number of benzene rings is 1. The summed E-state index contributed by atoms with van der Waals surface area (Å²) in [6.45, 7) is 0. The molecule has 0 spiro atoms. The van der Waals surface area contributed by atoms with E-state index in [1.54, 1.807) is 4.52 Å². The summed E-state index contributed by atoms with van der Waals surface area (Å²) in [5.74, 6) is 2.23. The second-order valence-corrected chi connectivity index (χ2v) is 3.84. The summed E-state index contributed by atoms with van der Waals surface area (Å²) >= 11 is 0. The van der Waals surface area contributed by atoms with Crippen LogP contribution in [0, 0.1) is 10.8 Å². The standard InChI is InChI=1S/C12H10N5/c1-16-9-4-2-3-5-10(9)17-12(16)11(14)8(6-13)7-15-17/h2-5,7,13-14H,1H3/q+1. The molecule has 5 nitrogen and oxygen atoms in total. The molecule has 0 aliphatic rings. The summed E-state index contributed by atoms with van der Waals surface area (Å²) in [6.07, 6.45) is 1.49. The van der Waals surface area contributed by atoms with Gasteiger partial charge >= 0.3 is 5.65 Å². The first kappa shape index (κ1) is 9.69. The number of aromatic nitrogens is 3. The fraction of sp³-hybridized carbons (Fsp3) is 0.0833. The maximum absolute atomic E-state index is 8.05. The van der Waals surface area contributed by atoms with Crippen LogP contribution in [0.25, 0.3) is 16.7 Å². The van der Waals surface area contributed by atoms with Crippen molar-refractivity contribution in [1.82, 2.24) is 9.61 Å². The third kappa shape index (κ3) is 1.14. The van der Waals surface area contributed by atoms with Crippen molar-refractivity contribution in [2.24, 2.45) is 7.05 Å². The van der Waals surface area contributed by atoms with Crippen LogP contribution in [0.15, 0.2) is 30.5 Å². The quantitative estimate of drug-likeness (QED) is 0.390. The Kier molecular flexibility index (Phi) is 1.84. The highest BCUT2D eigenvalue weighted by atomic mass is 15.3. The fourth-order valence-corrected chi connectivity index (χ4v) is 2.08. The normalized spacial score (nSPS) is 10.9. The maximum Gasteiger partial charge on any atom is 0.334 e. The van der Waals surface area contributed by atoms with Crippen LogP contribution in [0.5, 0.6) is 0 Å². The van der Waals surface area contributed by atoms with Gasteiger partial charge in [-0.1, -0.05) is 21.7 Å². The first-order chi connectivity index (χ1) is 8.24. The first-order valence-electron chi connectivity index (χ1n) is 5.17. The molecule has 0 radical (unpaired) electrons. The van der Waals surface area contributed by atoms with Gasteiger partial charge in [0.15, 0.2) is 10.9 Å². The number of nitrogens with zero attached hydrogens (tertiary/aromatic N) is 3. The molecular weight excluding hydrogens is 214 g/mol. The lowest BCUT2D eigenvalue weighted by Gasteiger charge is -1.86. The number of hydrogen-bond acceptors (Lipinski definition) is 3. The number of fused-ring (bicyclic) bond motifs is 3. The molecule has 0 unspecified atom stereocenters. The number of imidazole rings is 1. The zero-order valence-electron chi connectivity index (χ0n) is 9.23. The first-order valence-corrected chi connectivity index (χ1v) is 5.17.